The van der Waals surface area contributed by atoms with Crippen molar-refractivity contribution in [3.05, 3.63) is 58.9 Å². The van der Waals surface area contributed by atoms with E-state index in [0.717, 1.165) is 34.1 Å². The van der Waals surface area contributed by atoms with Crippen molar-refractivity contribution in [3.63, 3.8) is 0 Å². The molecule has 2 amide bonds. The fraction of sp³-hybridized carbons (Fsp3) is 0.286. The molecule has 3 rings (SSSR count). The molecule has 1 aliphatic heterocycles. The lowest BCUT2D eigenvalue weighted by Crippen LogP contribution is -2.47. The molecule has 1 unspecified atom stereocenters. The van der Waals surface area contributed by atoms with Crippen LogP contribution < -0.4 is 15.1 Å². The van der Waals surface area contributed by atoms with Gasteiger partial charge >= 0.3 is 6.18 Å². The molecule has 0 bridgehead atoms. The van der Waals surface area contributed by atoms with Gasteiger partial charge in [-0.05, 0) is 50.2 Å². The van der Waals surface area contributed by atoms with E-state index in [9.17, 15) is 32.4 Å². The number of anilines is 2. The third-order valence-electron chi connectivity index (χ3n) is 5.29. The summed E-state index contributed by atoms with van der Waals surface area (Å²) in [5.74, 6) is -2.39. The molecule has 2 aromatic carbocycles. The largest absolute Gasteiger partial charge is 0.417 e. The number of nitrogens with zero attached hydrogens (tertiary/aromatic N) is 3. The highest BCUT2D eigenvalue weighted by Crippen LogP contribution is 2.41. The lowest BCUT2D eigenvalue weighted by atomic mass is 10.0. The fourth-order valence-electron chi connectivity index (χ4n) is 3.67. The van der Waals surface area contributed by atoms with E-state index in [-0.39, 0.29) is 16.9 Å². The number of carbonyl (C=O) groups is 2. The first kappa shape index (κ1) is 24.0. The van der Waals surface area contributed by atoms with E-state index in [4.69, 9.17) is 5.26 Å². The van der Waals surface area contributed by atoms with Gasteiger partial charge in [-0.2, -0.15) is 23.3 Å². The highest BCUT2D eigenvalue weighted by atomic mass is 19.4. The van der Waals surface area contributed by atoms with Gasteiger partial charge in [-0.15, -0.1) is 0 Å². The lowest BCUT2D eigenvalue weighted by Gasteiger charge is -2.33. The highest BCUT2D eigenvalue weighted by molar-refractivity contribution is 6.06. The molecule has 2 N–H and O–H groups in total. The summed E-state index contributed by atoms with van der Waals surface area (Å²) in [5, 5.41) is 20.9. The van der Waals surface area contributed by atoms with Gasteiger partial charge in [0.1, 0.15) is 11.4 Å². The number of alkyl halides is 3. The summed E-state index contributed by atoms with van der Waals surface area (Å²) in [7, 11) is 1.32. The molecule has 8 nitrogen and oxygen atoms in total. The first-order valence-corrected chi connectivity index (χ1v) is 9.44. The molecule has 1 aliphatic rings. The molecule has 1 heterocycles. The minimum absolute atomic E-state index is 0.0183. The average Bonchev–Trinajstić information content (AvgIpc) is 2.97. The summed E-state index contributed by atoms with van der Waals surface area (Å²) in [5.41, 5.74) is -4.00. The standard InChI is InChI=1S/C21H18F4N4O4/c1-20(2)18(31)28(12-5-4-11(10-26)15(8-12)21(23,24)25)19(33-32)29(20)13-6-7-14(16(22)9-13)17(30)27-3/h4-9,19,32H,1-3H3,(H,27,30). The predicted octanol–water partition coefficient (Wildman–Crippen LogP) is 3.48. The maximum atomic E-state index is 14.6. The van der Waals surface area contributed by atoms with Crippen LogP contribution in [0.25, 0.3) is 0 Å². The Hall–Kier alpha value is -3.69. The van der Waals surface area contributed by atoms with Crippen LogP contribution in [0.3, 0.4) is 0 Å². The Morgan fingerprint density at radius 1 is 1.21 bits per heavy atom. The highest BCUT2D eigenvalue weighted by Gasteiger charge is 2.54. The Kier molecular flexibility index (Phi) is 6.06. The van der Waals surface area contributed by atoms with Crippen LogP contribution in [0.15, 0.2) is 36.4 Å². The average molecular weight is 466 g/mol. The van der Waals surface area contributed by atoms with Crippen LogP contribution in [0.4, 0.5) is 28.9 Å². The van der Waals surface area contributed by atoms with E-state index in [1.165, 1.54) is 33.0 Å². The zero-order valence-electron chi connectivity index (χ0n) is 17.6. The second-order valence-corrected chi connectivity index (χ2v) is 7.62. The van der Waals surface area contributed by atoms with E-state index < -0.39 is 46.8 Å². The molecular formula is C21H18F4N4O4. The molecule has 1 saturated heterocycles. The van der Waals surface area contributed by atoms with Crippen LogP contribution >= 0.6 is 0 Å². The van der Waals surface area contributed by atoms with Crippen molar-refractivity contribution in [1.29, 1.82) is 5.26 Å². The Labute approximate surface area is 185 Å². The summed E-state index contributed by atoms with van der Waals surface area (Å²) in [6.45, 7) is 2.81. The van der Waals surface area contributed by atoms with E-state index >= 15 is 0 Å². The van der Waals surface area contributed by atoms with Crippen molar-refractivity contribution in [1.82, 2.24) is 5.32 Å². The van der Waals surface area contributed by atoms with Gasteiger partial charge in [0.2, 0.25) is 6.35 Å². The van der Waals surface area contributed by atoms with E-state index in [1.807, 2.05) is 0 Å². The third kappa shape index (κ3) is 3.96. The molecule has 0 aromatic heterocycles. The first-order valence-electron chi connectivity index (χ1n) is 9.44. The summed E-state index contributed by atoms with van der Waals surface area (Å²) >= 11 is 0. The van der Waals surface area contributed by atoms with Crippen LogP contribution in [-0.4, -0.2) is 36.0 Å². The first-order chi connectivity index (χ1) is 15.4. The second-order valence-electron chi connectivity index (χ2n) is 7.62. The molecule has 0 saturated carbocycles. The number of rotatable bonds is 4. The Morgan fingerprint density at radius 2 is 1.85 bits per heavy atom. The van der Waals surface area contributed by atoms with E-state index in [2.05, 4.69) is 10.2 Å². The number of carbonyl (C=O) groups excluding carboxylic acids is 2. The van der Waals surface area contributed by atoms with Gasteiger partial charge in [-0.25, -0.2) is 9.65 Å². The molecular weight excluding hydrogens is 448 g/mol. The van der Waals surface area contributed by atoms with Crippen LogP contribution in [-0.2, 0) is 15.9 Å². The number of hydrogen-bond acceptors (Lipinski definition) is 6. The van der Waals surface area contributed by atoms with Crippen molar-refractivity contribution in [2.45, 2.75) is 31.9 Å². The van der Waals surface area contributed by atoms with Gasteiger partial charge in [-0.3, -0.25) is 14.5 Å². The van der Waals surface area contributed by atoms with Gasteiger partial charge in [0.05, 0.1) is 22.8 Å². The monoisotopic (exact) mass is 466 g/mol. The quantitative estimate of drug-likeness (QED) is 0.406. The van der Waals surface area contributed by atoms with Gasteiger partial charge in [0.15, 0.2) is 0 Å². The molecule has 0 aliphatic carbocycles. The summed E-state index contributed by atoms with van der Waals surface area (Å²) in [6.07, 6.45) is -6.56. The molecule has 2 aromatic rings. The normalized spacial score (nSPS) is 17.8. The zero-order valence-corrected chi connectivity index (χ0v) is 17.6. The van der Waals surface area contributed by atoms with E-state index in [0.29, 0.717) is 6.07 Å². The van der Waals surface area contributed by atoms with Gasteiger partial charge in [-0.1, -0.05) is 0 Å². The maximum absolute atomic E-state index is 14.6. The van der Waals surface area contributed by atoms with Crippen LogP contribution in [0.1, 0.15) is 35.3 Å². The zero-order chi connectivity index (χ0) is 24.7. The lowest BCUT2D eigenvalue weighted by molar-refractivity contribution is -0.274. The minimum atomic E-state index is -4.88. The smallest absolute Gasteiger partial charge is 0.355 e. The number of hydrogen-bond donors (Lipinski definition) is 2. The fourth-order valence-corrected chi connectivity index (χ4v) is 3.67. The van der Waals surface area contributed by atoms with Gasteiger partial charge in [0.25, 0.3) is 11.8 Å². The second kappa shape index (κ2) is 8.34. The topological polar surface area (TPSA) is 106 Å². The molecule has 33 heavy (non-hydrogen) atoms. The van der Waals surface area contributed by atoms with Crippen molar-refractivity contribution >= 4 is 23.2 Å². The SMILES string of the molecule is CNC(=O)c1ccc(N2C(OO)N(c3ccc(C#N)c(C(F)(F)F)c3)C(=O)C2(C)C)cc1F. The number of nitrogens with one attached hydrogen (secondary N) is 1. The molecule has 1 atom stereocenters. The number of nitriles is 1. The van der Waals surface area contributed by atoms with Crippen molar-refractivity contribution < 1.29 is 37.3 Å². The number of amides is 2. The Balaban J connectivity index is 2.13. The maximum Gasteiger partial charge on any atom is 0.417 e. The Morgan fingerprint density at radius 3 is 2.36 bits per heavy atom. The summed E-state index contributed by atoms with van der Waals surface area (Å²) in [4.78, 5) is 31.3. The summed E-state index contributed by atoms with van der Waals surface area (Å²) in [6, 6.07) is 7.44. The Bertz CT molecular complexity index is 1160. The minimum Gasteiger partial charge on any atom is -0.355 e. The van der Waals surface area contributed by atoms with Crippen LogP contribution in [0.5, 0.6) is 0 Å². The number of benzene rings is 2. The van der Waals surface area contributed by atoms with Gasteiger partial charge < -0.3 is 10.2 Å². The van der Waals surface area contributed by atoms with Crippen LogP contribution in [0.2, 0.25) is 0 Å². The van der Waals surface area contributed by atoms with Crippen molar-refractivity contribution in [2.24, 2.45) is 0 Å². The van der Waals surface area contributed by atoms with Crippen molar-refractivity contribution in [3.8, 4) is 6.07 Å². The number of halogens is 4. The van der Waals surface area contributed by atoms with E-state index in [1.54, 1.807) is 0 Å². The third-order valence-corrected chi connectivity index (χ3v) is 5.29. The summed E-state index contributed by atoms with van der Waals surface area (Å²) < 4.78 is 54.9. The molecule has 0 radical (unpaired) electrons. The molecule has 174 valence electrons. The predicted molar refractivity (Wildman–Crippen MR) is 107 cm³/mol. The molecule has 1 fully saturated rings. The molecule has 0 spiro atoms. The van der Waals surface area contributed by atoms with Gasteiger partial charge in [0, 0.05) is 18.4 Å². The molecule has 12 heteroatoms. The van der Waals surface area contributed by atoms with Crippen LogP contribution in [0, 0.1) is 17.1 Å². The van der Waals surface area contributed by atoms with Crippen molar-refractivity contribution in [2.75, 3.05) is 16.8 Å².